The molecule has 0 saturated heterocycles. The highest BCUT2D eigenvalue weighted by molar-refractivity contribution is 5.66. The fourth-order valence-corrected chi connectivity index (χ4v) is 4.78. The van der Waals surface area contributed by atoms with Crippen molar-refractivity contribution in [3.8, 4) is 22.3 Å². The van der Waals surface area contributed by atoms with Gasteiger partial charge in [-0.05, 0) is 77.1 Å². The third-order valence-corrected chi connectivity index (χ3v) is 7.04. The molecule has 192 valence electrons. The number of hydrogen-bond donors (Lipinski definition) is 0. The fourth-order valence-electron chi connectivity index (χ4n) is 4.78. The van der Waals surface area contributed by atoms with Crippen LogP contribution in [0.4, 0.5) is 13.2 Å². The average molecular weight is 501 g/mol. The molecule has 4 aromatic carbocycles. The Labute approximate surface area is 219 Å². The highest BCUT2D eigenvalue weighted by Gasteiger charge is 2.15. The molecule has 0 fully saturated rings. The normalized spacial score (nSPS) is 11.2. The largest absolute Gasteiger partial charge is 0.207 e. The number of hydrogen-bond acceptors (Lipinski definition) is 0. The summed E-state index contributed by atoms with van der Waals surface area (Å²) in [4.78, 5) is 0. The van der Waals surface area contributed by atoms with Crippen LogP contribution >= 0.6 is 0 Å². The zero-order valence-electron chi connectivity index (χ0n) is 21.8. The second-order valence-electron chi connectivity index (χ2n) is 9.81. The van der Waals surface area contributed by atoms with E-state index in [1.54, 1.807) is 18.2 Å². The van der Waals surface area contributed by atoms with E-state index >= 15 is 0 Å². The molecule has 0 aliphatic heterocycles. The quantitative estimate of drug-likeness (QED) is 0.180. The molecule has 0 aliphatic carbocycles. The third kappa shape index (κ3) is 6.71. The van der Waals surface area contributed by atoms with E-state index in [2.05, 4.69) is 13.8 Å². The first kappa shape index (κ1) is 26.7. The fraction of sp³-hybridized carbons (Fsp3) is 0.294. The predicted octanol–water partition coefficient (Wildman–Crippen LogP) is 9.91. The van der Waals surface area contributed by atoms with E-state index in [0.717, 1.165) is 60.8 Å². The second kappa shape index (κ2) is 12.8. The maximum Gasteiger partial charge on any atom is 0.166 e. The zero-order chi connectivity index (χ0) is 26.2. The lowest BCUT2D eigenvalue weighted by Gasteiger charge is -2.10. The van der Waals surface area contributed by atoms with Crippen molar-refractivity contribution in [3.05, 3.63) is 119 Å². The first-order valence-electron chi connectivity index (χ1n) is 13.4. The van der Waals surface area contributed by atoms with Gasteiger partial charge >= 0.3 is 0 Å². The summed E-state index contributed by atoms with van der Waals surface area (Å²) < 4.78 is 44.3. The highest BCUT2D eigenvalue weighted by Crippen LogP contribution is 2.28. The van der Waals surface area contributed by atoms with Gasteiger partial charge in [0.2, 0.25) is 0 Å². The summed E-state index contributed by atoms with van der Waals surface area (Å²) in [6, 6.07) is 24.4. The molecule has 0 amide bonds. The molecule has 0 saturated carbocycles. The van der Waals surface area contributed by atoms with Crippen molar-refractivity contribution in [1.82, 2.24) is 0 Å². The molecule has 0 N–H and O–H groups in total. The second-order valence-corrected chi connectivity index (χ2v) is 9.81. The van der Waals surface area contributed by atoms with E-state index in [0.29, 0.717) is 24.0 Å². The van der Waals surface area contributed by atoms with Crippen molar-refractivity contribution in [1.29, 1.82) is 0 Å². The van der Waals surface area contributed by atoms with Gasteiger partial charge < -0.3 is 0 Å². The number of aryl methyl sites for hydroxylation is 4. The lowest BCUT2D eigenvalue weighted by atomic mass is 9.96. The molecule has 0 spiro atoms. The summed E-state index contributed by atoms with van der Waals surface area (Å²) in [5.74, 6) is -1.73. The molecule has 0 unspecified atom stereocenters. The number of rotatable bonds is 11. The summed E-state index contributed by atoms with van der Waals surface area (Å²) in [7, 11) is 0. The van der Waals surface area contributed by atoms with Crippen LogP contribution in [0.15, 0.2) is 78.9 Å². The van der Waals surface area contributed by atoms with E-state index in [1.807, 2.05) is 60.7 Å². The minimum Gasteiger partial charge on any atom is -0.207 e. The van der Waals surface area contributed by atoms with Crippen LogP contribution in [0, 0.1) is 17.5 Å². The van der Waals surface area contributed by atoms with Gasteiger partial charge in [-0.3, -0.25) is 0 Å². The smallest absolute Gasteiger partial charge is 0.166 e. The zero-order valence-corrected chi connectivity index (χ0v) is 21.8. The Kier molecular flexibility index (Phi) is 9.22. The SMILES string of the molecule is CCCCCc1ccc(-c2ccc(CCc3ccc(-c4ccc(CCC)cc4)c(F)c3F)cc2)cc1F. The Morgan fingerprint density at radius 1 is 0.486 bits per heavy atom. The molecule has 0 heterocycles. The monoisotopic (exact) mass is 500 g/mol. The topological polar surface area (TPSA) is 0 Å². The molecule has 0 bridgehead atoms. The predicted molar refractivity (Wildman–Crippen MR) is 148 cm³/mol. The van der Waals surface area contributed by atoms with Gasteiger partial charge in [0.25, 0.3) is 0 Å². The van der Waals surface area contributed by atoms with E-state index in [1.165, 1.54) is 5.56 Å². The van der Waals surface area contributed by atoms with Crippen molar-refractivity contribution in [2.75, 3.05) is 0 Å². The molecular formula is C34H35F3. The Morgan fingerprint density at radius 3 is 1.76 bits per heavy atom. The van der Waals surface area contributed by atoms with Crippen molar-refractivity contribution >= 4 is 0 Å². The standard InChI is InChI=1S/C34H35F3/c1-3-5-6-8-28-19-20-30(23-32(28)35)26-14-9-25(10-15-26)13-18-29-21-22-31(34(37)33(29)36)27-16-11-24(7-4-2)12-17-27/h9-12,14-17,19-23H,3-8,13,18H2,1-2H3. The first-order valence-corrected chi connectivity index (χ1v) is 13.4. The summed E-state index contributed by atoms with van der Waals surface area (Å²) in [5.41, 5.74) is 6.11. The van der Waals surface area contributed by atoms with E-state index < -0.39 is 11.6 Å². The molecular weight excluding hydrogens is 465 g/mol. The van der Waals surface area contributed by atoms with Gasteiger partial charge in [0.1, 0.15) is 5.82 Å². The van der Waals surface area contributed by atoms with Crippen LogP contribution < -0.4 is 0 Å². The summed E-state index contributed by atoms with van der Waals surface area (Å²) in [6.07, 6.45) is 7.00. The van der Waals surface area contributed by atoms with Crippen LogP contribution in [0.1, 0.15) is 61.8 Å². The molecule has 0 radical (unpaired) electrons. The Hall–Kier alpha value is -3.33. The molecule has 37 heavy (non-hydrogen) atoms. The Balaban J connectivity index is 1.40. The van der Waals surface area contributed by atoms with Gasteiger partial charge in [-0.25, -0.2) is 13.2 Å². The maximum absolute atomic E-state index is 14.9. The molecule has 0 aromatic heterocycles. The number of unbranched alkanes of at least 4 members (excludes halogenated alkanes) is 2. The summed E-state index contributed by atoms with van der Waals surface area (Å²) in [5, 5.41) is 0. The van der Waals surface area contributed by atoms with E-state index in [9.17, 15) is 13.2 Å². The minimum atomic E-state index is -0.795. The molecule has 0 aliphatic rings. The molecule has 0 nitrogen and oxygen atoms in total. The first-order chi connectivity index (χ1) is 18.0. The van der Waals surface area contributed by atoms with Gasteiger partial charge in [-0.1, -0.05) is 106 Å². The molecule has 3 heteroatoms. The highest BCUT2D eigenvalue weighted by atomic mass is 19.2. The van der Waals surface area contributed by atoms with Crippen LogP contribution in [-0.2, 0) is 25.7 Å². The van der Waals surface area contributed by atoms with Gasteiger partial charge in [-0.2, -0.15) is 0 Å². The Morgan fingerprint density at radius 2 is 1.11 bits per heavy atom. The van der Waals surface area contributed by atoms with Crippen LogP contribution in [0.5, 0.6) is 0 Å². The molecule has 0 atom stereocenters. The van der Waals surface area contributed by atoms with Gasteiger partial charge in [0, 0.05) is 5.56 Å². The maximum atomic E-state index is 14.9. The van der Waals surface area contributed by atoms with Crippen LogP contribution in [0.25, 0.3) is 22.3 Å². The van der Waals surface area contributed by atoms with Crippen LogP contribution in [0.3, 0.4) is 0 Å². The van der Waals surface area contributed by atoms with E-state index in [4.69, 9.17) is 0 Å². The van der Waals surface area contributed by atoms with Crippen LogP contribution in [-0.4, -0.2) is 0 Å². The number of halogens is 3. The summed E-state index contributed by atoms with van der Waals surface area (Å²) in [6.45, 7) is 4.26. The van der Waals surface area contributed by atoms with Crippen molar-refractivity contribution in [2.45, 2.75) is 65.2 Å². The minimum absolute atomic E-state index is 0.157. The van der Waals surface area contributed by atoms with E-state index in [-0.39, 0.29) is 11.4 Å². The van der Waals surface area contributed by atoms with Crippen molar-refractivity contribution in [2.24, 2.45) is 0 Å². The Bertz CT molecular complexity index is 1300. The lowest BCUT2D eigenvalue weighted by molar-refractivity contribution is 0.501. The average Bonchev–Trinajstić information content (AvgIpc) is 2.92. The molecule has 4 rings (SSSR count). The number of benzene rings is 4. The van der Waals surface area contributed by atoms with Gasteiger partial charge in [0.15, 0.2) is 11.6 Å². The van der Waals surface area contributed by atoms with Crippen molar-refractivity contribution in [3.63, 3.8) is 0 Å². The van der Waals surface area contributed by atoms with Gasteiger partial charge in [0.05, 0.1) is 0 Å². The van der Waals surface area contributed by atoms with Crippen molar-refractivity contribution < 1.29 is 13.2 Å². The van der Waals surface area contributed by atoms with Crippen LogP contribution in [0.2, 0.25) is 0 Å². The lowest BCUT2D eigenvalue weighted by Crippen LogP contribution is -2.00. The third-order valence-electron chi connectivity index (χ3n) is 7.04. The van der Waals surface area contributed by atoms with Gasteiger partial charge in [-0.15, -0.1) is 0 Å². The summed E-state index contributed by atoms with van der Waals surface area (Å²) >= 11 is 0. The molecule has 4 aromatic rings.